The second kappa shape index (κ2) is 4.74. The molecule has 1 aromatic rings. The van der Waals surface area contributed by atoms with Crippen molar-refractivity contribution in [2.75, 3.05) is 6.54 Å². The smallest absolute Gasteiger partial charge is 0.254 e. The predicted molar refractivity (Wildman–Crippen MR) is 69.9 cm³/mol. The Bertz CT molecular complexity index is 435. The maximum absolute atomic E-state index is 12.0. The van der Waals surface area contributed by atoms with Gasteiger partial charge in [0.25, 0.3) is 5.91 Å². The molecule has 17 heavy (non-hydrogen) atoms. The number of fused-ring (bicyclic) bond motifs is 1. The zero-order chi connectivity index (χ0) is 12.4. The summed E-state index contributed by atoms with van der Waals surface area (Å²) in [5.74, 6) is 1.02. The summed E-state index contributed by atoms with van der Waals surface area (Å²) in [4.78, 5) is 14.0. The van der Waals surface area contributed by atoms with E-state index in [2.05, 4.69) is 26.1 Å². The third-order valence-electron chi connectivity index (χ3n) is 3.32. The number of benzene rings is 1. The number of carbonyl (C=O) groups is 1. The van der Waals surface area contributed by atoms with E-state index in [-0.39, 0.29) is 5.91 Å². The first kappa shape index (κ1) is 11.9. The van der Waals surface area contributed by atoms with Crippen molar-refractivity contribution >= 4 is 5.91 Å². The van der Waals surface area contributed by atoms with Crippen LogP contribution in [-0.2, 0) is 6.54 Å². The first-order valence-corrected chi connectivity index (χ1v) is 6.13. The maximum Gasteiger partial charge on any atom is 0.254 e. The van der Waals surface area contributed by atoms with Crippen LogP contribution in [0.2, 0.25) is 0 Å². The highest BCUT2D eigenvalue weighted by molar-refractivity contribution is 5.98. The van der Waals surface area contributed by atoms with Gasteiger partial charge in [0.1, 0.15) is 0 Å². The molecule has 0 radical (unpaired) electrons. The van der Waals surface area contributed by atoms with Crippen molar-refractivity contribution < 1.29 is 4.79 Å². The molecule has 1 aromatic carbocycles. The average molecular weight is 229 g/mol. The normalized spacial score (nSPS) is 17.5. The molecule has 1 aliphatic carbocycles. The van der Waals surface area contributed by atoms with E-state index in [1.54, 1.807) is 0 Å². The van der Waals surface area contributed by atoms with E-state index in [4.69, 9.17) is 0 Å². The summed E-state index contributed by atoms with van der Waals surface area (Å²) in [6.07, 6.45) is 2.61. The summed E-state index contributed by atoms with van der Waals surface area (Å²) < 4.78 is 0. The molecule has 1 aliphatic heterocycles. The molecule has 1 saturated carbocycles. The van der Waals surface area contributed by atoms with Crippen molar-refractivity contribution in [2.24, 2.45) is 5.92 Å². The molecule has 0 aromatic heterocycles. The van der Waals surface area contributed by atoms with Crippen molar-refractivity contribution in [1.82, 2.24) is 4.90 Å². The third kappa shape index (κ3) is 2.41. The lowest BCUT2D eigenvalue weighted by Crippen LogP contribution is -2.26. The van der Waals surface area contributed by atoms with Gasteiger partial charge in [0.2, 0.25) is 0 Å². The van der Waals surface area contributed by atoms with E-state index in [9.17, 15) is 4.79 Å². The Kier molecular flexibility index (Phi) is 3.32. The van der Waals surface area contributed by atoms with Crippen molar-refractivity contribution in [2.45, 2.75) is 26.3 Å². The Morgan fingerprint density at radius 2 is 2.06 bits per heavy atom. The van der Waals surface area contributed by atoms with Crippen LogP contribution in [0.1, 0.15) is 34.3 Å². The van der Waals surface area contributed by atoms with Gasteiger partial charge in [-0.3, -0.25) is 4.79 Å². The van der Waals surface area contributed by atoms with Gasteiger partial charge in [-0.1, -0.05) is 17.7 Å². The fourth-order valence-electron chi connectivity index (χ4n) is 2.27. The van der Waals surface area contributed by atoms with Crippen LogP contribution >= 0.6 is 0 Å². The number of hydrogen-bond donors (Lipinski definition) is 0. The highest BCUT2D eigenvalue weighted by Gasteiger charge is 2.32. The molecule has 0 atom stereocenters. The van der Waals surface area contributed by atoms with E-state index in [1.807, 2.05) is 17.0 Å². The second-order valence-electron chi connectivity index (χ2n) is 4.79. The molecule has 2 aliphatic rings. The number of aryl methyl sites for hydroxylation is 1. The molecule has 3 rings (SSSR count). The molecular weight excluding hydrogens is 210 g/mol. The largest absolute Gasteiger partial charge is 0.334 e. The Labute approximate surface area is 103 Å². The van der Waals surface area contributed by atoms with E-state index in [1.165, 1.54) is 24.0 Å². The quantitative estimate of drug-likeness (QED) is 0.713. The fraction of sp³-hybridized carbons (Fsp3) is 0.400. The van der Waals surface area contributed by atoms with Gasteiger partial charge in [0.05, 0.1) is 0 Å². The van der Waals surface area contributed by atoms with Crippen LogP contribution in [0.25, 0.3) is 0 Å². The first-order chi connectivity index (χ1) is 8.24. The fourth-order valence-corrected chi connectivity index (χ4v) is 2.27. The van der Waals surface area contributed by atoms with Crippen LogP contribution in [0, 0.1) is 12.8 Å². The topological polar surface area (TPSA) is 20.3 Å². The number of carbonyl (C=O) groups excluding carboxylic acids is 1. The van der Waals surface area contributed by atoms with Crippen LogP contribution < -0.4 is 0 Å². The van der Waals surface area contributed by atoms with Crippen LogP contribution in [-0.4, -0.2) is 17.4 Å². The minimum absolute atomic E-state index is 0.233. The van der Waals surface area contributed by atoms with E-state index in [0.717, 1.165) is 24.6 Å². The molecule has 0 N–H and O–H groups in total. The Hall–Kier alpha value is -1.57. The Morgan fingerprint density at radius 1 is 1.35 bits per heavy atom. The first-order valence-electron chi connectivity index (χ1n) is 6.13. The Balaban J connectivity index is 0.000000514. The summed E-state index contributed by atoms with van der Waals surface area (Å²) in [6, 6.07) is 6.14. The van der Waals surface area contributed by atoms with E-state index >= 15 is 0 Å². The summed E-state index contributed by atoms with van der Waals surface area (Å²) in [5, 5.41) is 0. The lowest BCUT2D eigenvalue weighted by atomic mass is 10.1. The Morgan fingerprint density at radius 3 is 2.71 bits per heavy atom. The van der Waals surface area contributed by atoms with Gasteiger partial charge in [0, 0.05) is 18.7 Å². The summed E-state index contributed by atoms with van der Waals surface area (Å²) in [6.45, 7) is 9.87. The summed E-state index contributed by atoms with van der Waals surface area (Å²) in [7, 11) is 0. The van der Waals surface area contributed by atoms with Crippen LogP contribution in [0.4, 0.5) is 0 Å². The zero-order valence-electron chi connectivity index (χ0n) is 10.4. The van der Waals surface area contributed by atoms with Gasteiger partial charge < -0.3 is 4.90 Å². The van der Waals surface area contributed by atoms with Gasteiger partial charge in [0.15, 0.2) is 0 Å². The van der Waals surface area contributed by atoms with Gasteiger partial charge in [-0.2, -0.15) is 0 Å². The van der Waals surface area contributed by atoms with Crippen LogP contribution in [0.15, 0.2) is 31.4 Å². The SMILES string of the molecule is C=C.Cc1ccc2c(c1)CN(CC1CC1)C2=O. The molecule has 1 fully saturated rings. The van der Waals surface area contributed by atoms with Gasteiger partial charge in [-0.25, -0.2) is 0 Å². The molecule has 1 heterocycles. The maximum atomic E-state index is 12.0. The van der Waals surface area contributed by atoms with Gasteiger partial charge in [-0.05, 0) is 37.3 Å². The van der Waals surface area contributed by atoms with E-state index < -0.39 is 0 Å². The molecule has 0 spiro atoms. The number of nitrogens with zero attached hydrogens (tertiary/aromatic N) is 1. The monoisotopic (exact) mass is 229 g/mol. The lowest BCUT2D eigenvalue weighted by molar-refractivity contribution is 0.0771. The number of hydrogen-bond acceptors (Lipinski definition) is 1. The third-order valence-corrected chi connectivity index (χ3v) is 3.32. The lowest BCUT2D eigenvalue weighted by Gasteiger charge is -2.14. The average Bonchev–Trinajstić information content (AvgIpc) is 3.09. The van der Waals surface area contributed by atoms with Crippen molar-refractivity contribution in [3.8, 4) is 0 Å². The highest BCUT2D eigenvalue weighted by Crippen LogP contribution is 2.33. The summed E-state index contributed by atoms with van der Waals surface area (Å²) in [5.41, 5.74) is 3.37. The molecule has 0 bridgehead atoms. The summed E-state index contributed by atoms with van der Waals surface area (Å²) >= 11 is 0. The van der Waals surface area contributed by atoms with Crippen molar-refractivity contribution in [3.05, 3.63) is 48.0 Å². The molecule has 90 valence electrons. The highest BCUT2D eigenvalue weighted by atomic mass is 16.2. The molecule has 2 heteroatoms. The van der Waals surface area contributed by atoms with Crippen molar-refractivity contribution in [3.63, 3.8) is 0 Å². The molecule has 1 amide bonds. The molecular formula is C15H19NO. The molecule has 0 unspecified atom stereocenters. The minimum Gasteiger partial charge on any atom is -0.334 e. The second-order valence-corrected chi connectivity index (χ2v) is 4.79. The number of amides is 1. The van der Waals surface area contributed by atoms with Crippen molar-refractivity contribution in [1.29, 1.82) is 0 Å². The molecule has 2 nitrogen and oxygen atoms in total. The van der Waals surface area contributed by atoms with Crippen LogP contribution in [0.3, 0.4) is 0 Å². The standard InChI is InChI=1S/C13H15NO.C2H4/c1-9-2-5-12-11(6-9)8-14(13(12)15)7-10-3-4-10;1-2/h2,5-6,10H,3-4,7-8H2,1H3;1-2H2. The van der Waals surface area contributed by atoms with Gasteiger partial charge in [-0.15, -0.1) is 13.2 Å². The van der Waals surface area contributed by atoms with E-state index in [0.29, 0.717) is 0 Å². The number of rotatable bonds is 2. The van der Waals surface area contributed by atoms with Crippen LogP contribution in [0.5, 0.6) is 0 Å². The predicted octanol–water partition coefficient (Wildman–Crippen LogP) is 3.16. The molecule has 0 saturated heterocycles. The zero-order valence-corrected chi connectivity index (χ0v) is 10.4. The van der Waals surface area contributed by atoms with Gasteiger partial charge >= 0.3 is 0 Å². The minimum atomic E-state index is 0.233.